The summed E-state index contributed by atoms with van der Waals surface area (Å²) in [5, 5.41) is 3.67. The number of carbonyl (C=O) groups is 1. The van der Waals surface area contributed by atoms with E-state index in [1.165, 1.54) is 18.5 Å². The van der Waals surface area contributed by atoms with Gasteiger partial charge in [-0.2, -0.15) is 0 Å². The van der Waals surface area contributed by atoms with Crippen LogP contribution in [0.1, 0.15) is 45.2 Å². The van der Waals surface area contributed by atoms with Crippen molar-refractivity contribution in [2.45, 2.75) is 45.8 Å². The molecule has 0 unspecified atom stereocenters. The Kier molecular flexibility index (Phi) is 6.84. The quantitative estimate of drug-likeness (QED) is 0.722. The number of halogens is 1. The van der Waals surface area contributed by atoms with Crippen molar-refractivity contribution in [2.24, 2.45) is 5.92 Å². The van der Waals surface area contributed by atoms with Crippen LogP contribution in [-0.2, 0) is 4.79 Å². The minimum absolute atomic E-state index is 0.0841. The zero-order valence-corrected chi connectivity index (χ0v) is 17.6. The number of carbonyl (C=O) groups excluding carboxylic acids is 1. The maximum absolute atomic E-state index is 12.5. The number of nitrogens with one attached hydrogen (secondary N) is 1. The molecule has 0 radical (unpaired) electrons. The number of hydrogen-bond donors (Lipinski definition) is 1. The van der Waals surface area contributed by atoms with Gasteiger partial charge in [0, 0.05) is 23.8 Å². The summed E-state index contributed by atoms with van der Waals surface area (Å²) in [6.45, 7) is 8.29. The standard InChI is InChI=1S/C23H29ClN2O2/c1-16-12-14-26(15-13-16)21-8-4-19(5-9-21)17(2)25-23(27)18(3)28-22-10-6-20(24)7-11-22/h4-11,16-18H,12-15H2,1-3H3,(H,25,27)/t17-,18-/m0/s1. The van der Waals surface area contributed by atoms with Crippen molar-refractivity contribution in [2.75, 3.05) is 18.0 Å². The van der Waals surface area contributed by atoms with E-state index in [0.717, 1.165) is 24.6 Å². The molecule has 1 aliphatic heterocycles. The van der Waals surface area contributed by atoms with E-state index in [4.69, 9.17) is 16.3 Å². The Labute approximate surface area is 172 Å². The van der Waals surface area contributed by atoms with Gasteiger partial charge in [-0.3, -0.25) is 4.79 Å². The molecule has 0 bridgehead atoms. The average molecular weight is 401 g/mol. The predicted octanol–water partition coefficient (Wildman–Crippen LogP) is 5.22. The van der Waals surface area contributed by atoms with Gasteiger partial charge in [-0.25, -0.2) is 0 Å². The van der Waals surface area contributed by atoms with E-state index in [0.29, 0.717) is 10.8 Å². The molecule has 2 aromatic carbocycles. The minimum atomic E-state index is -0.585. The van der Waals surface area contributed by atoms with Gasteiger partial charge in [0.05, 0.1) is 6.04 Å². The number of nitrogens with zero attached hydrogens (tertiary/aromatic N) is 1. The maximum atomic E-state index is 12.5. The Morgan fingerprint density at radius 3 is 2.29 bits per heavy atom. The van der Waals surface area contributed by atoms with Crippen molar-refractivity contribution in [3.8, 4) is 5.75 Å². The fraction of sp³-hybridized carbons (Fsp3) is 0.435. The molecule has 0 aromatic heterocycles. The third kappa shape index (κ3) is 5.41. The Balaban J connectivity index is 1.53. The summed E-state index contributed by atoms with van der Waals surface area (Å²) in [4.78, 5) is 14.9. The Hall–Kier alpha value is -2.20. The molecule has 0 spiro atoms. The van der Waals surface area contributed by atoms with E-state index < -0.39 is 6.10 Å². The number of amides is 1. The van der Waals surface area contributed by atoms with Crippen LogP contribution in [-0.4, -0.2) is 25.1 Å². The molecule has 2 atom stereocenters. The van der Waals surface area contributed by atoms with Gasteiger partial charge in [-0.05, 0) is 74.6 Å². The van der Waals surface area contributed by atoms with Crippen LogP contribution in [0.15, 0.2) is 48.5 Å². The van der Waals surface area contributed by atoms with E-state index in [9.17, 15) is 4.79 Å². The second-order valence-corrected chi connectivity index (χ2v) is 8.14. The summed E-state index contributed by atoms with van der Waals surface area (Å²) in [5.41, 5.74) is 2.34. The summed E-state index contributed by atoms with van der Waals surface area (Å²) >= 11 is 5.88. The molecule has 1 heterocycles. The van der Waals surface area contributed by atoms with Crippen LogP contribution < -0.4 is 15.0 Å². The highest BCUT2D eigenvalue weighted by atomic mass is 35.5. The second-order valence-electron chi connectivity index (χ2n) is 7.71. The lowest BCUT2D eigenvalue weighted by Gasteiger charge is -2.32. The first kappa shape index (κ1) is 20.5. The number of benzene rings is 2. The summed E-state index contributed by atoms with van der Waals surface area (Å²) in [7, 11) is 0. The molecule has 1 saturated heterocycles. The monoisotopic (exact) mass is 400 g/mol. The molecule has 5 heteroatoms. The van der Waals surface area contributed by atoms with Gasteiger partial charge >= 0.3 is 0 Å². The summed E-state index contributed by atoms with van der Waals surface area (Å²) in [6, 6.07) is 15.4. The van der Waals surface area contributed by atoms with E-state index >= 15 is 0 Å². The van der Waals surface area contributed by atoms with Gasteiger partial charge in [0.2, 0.25) is 0 Å². The van der Waals surface area contributed by atoms with Crippen molar-refractivity contribution in [1.82, 2.24) is 5.32 Å². The minimum Gasteiger partial charge on any atom is -0.481 e. The van der Waals surface area contributed by atoms with Crippen molar-refractivity contribution in [3.63, 3.8) is 0 Å². The van der Waals surface area contributed by atoms with Crippen LogP contribution >= 0.6 is 11.6 Å². The second kappa shape index (κ2) is 9.33. The highest BCUT2D eigenvalue weighted by Gasteiger charge is 2.19. The topological polar surface area (TPSA) is 41.6 Å². The van der Waals surface area contributed by atoms with E-state index in [1.807, 2.05) is 6.92 Å². The molecular weight excluding hydrogens is 372 g/mol. The third-order valence-electron chi connectivity index (χ3n) is 5.40. The SMILES string of the molecule is CC1CCN(c2ccc([C@H](C)NC(=O)[C@H](C)Oc3ccc(Cl)cc3)cc2)CC1. The van der Waals surface area contributed by atoms with E-state index in [-0.39, 0.29) is 11.9 Å². The summed E-state index contributed by atoms with van der Waals surface area (Å²) < 4.78 is 5.70. The zero-order chi connectivity index (χ0) is 20.1. The Morgan fingerprint density at radius 1 is 1.07 bits per heavy atom. The normalized spacial score (nSPS) is 17.1. The number of rotatable bonds is 6. The highest BCUT2D eigenvalue weighted by molar-refractivity contribution is 6.30. The lowest BCUT2D eigenvalue weighted by atomic mass is 9.98. The molecule has 0 aliphatic carbocycles. The van der Waals surface area contributed by atoms with Crippen LogP contribution in [0.5, 0.6) is 5.75 Å². The molecule has 150 valence electrons. The van der Waals surface area contributed by atoms with Crippen LogP contribution in [0.4, 0.5) is 5.69 Å². The maximum Gasteiger partial charge on any atom is 0.261 e. The number of anilines is 1. The molecule has 1 amide bonds. The van der Waals surface area contributed by atoms with Crippen LogP contribution in [0.2, 0.25) is 5.02 Å². The van der Waals surface area contributed by atoms with Crippen LogP contribution in [0.25, 0.3) is 0 Å². The van der Waals surface area contributed by atoms with Gasteiger partial charge in [0.25, 0.3) is 5.91 Å². The number of hydrogen-bond acceptors (Lipinski definition) is 3. The van der Waals surface area contributed by atoms with Crippen molar-refractivity contribution < 1.29 is 9.53 Å². The molecule has 28 heavy (non-hydrogen) atoms. The number of piperidine rings is 1. The predicted molar refractivity (Wildman–Crippen MR) is 115 cm³/mol. The first-order valence-electron chi connectivity index (χ1n) is 10.00. The largest absolute Gasteiger partial charge is 0.481 e. The molecule has 1 N–H and O–H groups in total. The summed E-state index contributed by atoms with van der Waals surface area (Å²) in [5.74, 6) is 1.30. The Bertz CT molecular complexity index is 768. The third-order valence-corrected chi connectivity index (χ3v) is 5.65. The van der Waals surface area contributed by atoms with Gasteiger partial charge in [0.15, 0.2) is 6.10 Å². The average Bonchev–Trinajstić information content (AvgIpc) is 2.70. The van der Waals surface area contributed by atoms with Gasteiger partial charge < -0.3 is 15.0 Å². The molecule has 3 rings (SSSR count). The van der Waals surface area contributed by atoms with Crippen molar-refractivity contribution in [1.29, 1.82) is 0 Å². The zero-order valence-electron chi connectivity index (χ0n) is 16.8. The summed E-state index contributed by atoms with van der Waals surface area (Å²) in [6.07, 6.45) is 1.91. The lowest BCUT2D eigenvalue weighted by Crippen LogP contribution is -2.37. The molecule has 1 aliphatic rings. The molecule has 0 saturated carbocycles. The van der Waals surface area contributed by atoms with E-state index in [2.05, 4.69) is 41.4 Å². The lowest BCUT2D eigenvalue weighted by molar-refractivity contribution is -0.127. The fourth-order valence-electron chi connectivity index (χ4n) is 3.43. The van der Waals surface area contributed by atoms with Gasteiger partial charge in [-0.1, -0.05) is 30.7 Å². The first-order chi connectivity index (χ1) is 13.4. The van der Waals surface area contributed by atoms with Crippen LogP contribution in [0.3, 0.4) is 0 Å². The Morgan fingerprint density at radius 2 is 1.68 bits per heavy atom. The smallest absolute Gasteiger partial charge is 0.261 e. The molecule has 2 aromatic rings. The van der Waals surface area contributed by atoms with Crippen LogP contribution in [0, 0.1) is 5.92 Å². The van der Waals surface area contributed by atoms with Gasteiger partial charge in [-0.15, -0.1) is 0 Å². The van der Waals surface area contributed by atoms with E-state index in [1.54, 1.807) is 31.2 Å². The molecule has 1 fully saturated rings. The van der Waals surface area contributed by atoms with Crippen molar-refractivity contribution >= 4 is 23.2 Å². The molecular formula is C23H29ClN2O2. The van der Waals surface area contributed by atoms with Gasteiger partial charge in [0.1, 0.15) is 5.75 Å². The molecule has 4 nitrogen and oxygen atoms in total. The number of ether oxygens (including phenoxy) is 1. The van der Waals surface area contributed by atoms with Crippen molar-refractivity contribution in [3.05, 3.63) is 59.1 Å². The highest BCUT2D eigenvalue weighted by Crippen LogP contribution is 2.25. The first-order valence-corrected chi connectivity index (χ1v) is 10.4. The fourth-order valence-corrected chi connectivity index (χ4v) is 3.55.